The number of aliphatic hydroxyl groups excluding tert-OH is 2. The van der Waals surface area contributed by atoms with Crippen LogP contribution in [0.4, 0.5) is 0 Å². The van der Waals surface area contributed by atoms with E-state index >= 15 is 0 Å². The maximum Gasteiger partial charge on any atom is 0.104 e. The summed E-state index contributed by atoms with van der Waals surface area (Å²) in [5.41, 5.74) is 0.0493. The Morgan fingerprint density at radius 3 is 1.19 bits per heavy atom. The SMILES string of the molecule is CC(C)(CO)CCCCc1ccc(CCCc2ccc(CCCCC(C)(C)CO)o2)o1. The van der Waals surface area contributed by atoms with Gasteiger partial charge in [0, 0.05) is 38.9 Å². The van der Waals surface area contributed by atoms with Crippen molar-refractivity contribution in [2.45, 2.75) is 98.3 Å². The highest BCUT2D eigenvalue weighted by molar-refractivity contribution is 5.10. The van der Waals surface area contributed by atoms with E-state index in [1.165, 1.54) is 0 Å². The number of hydrogen-bond acceptors (Lipinski definition) is 4. The number of hydrogen-bond donors (Lipinski definition) is 2. The largest absolute Gasteiger partial charge is 0.466 e. The summed E-state index contributed by atoms with van der Waals surface area (Å²) in [4.78, 5) is 0. The van der Waals surface area contributed by atoms with Gasteiger partial charge in [-0.05, 0) is 67.2 Å². The van der Waals surface area contributed by atoms with E-state index in [-0.39, 0.29) is 24.0 Å². The fourth-order valence-corrected chi connectivity index (χ4v) is 3.78. The molecule has 0 aliphatic carbocycles. The van der Waals surface area contributed by atoms with Gasteiger partial charge in [-0.3, -0.25) is 0 Å². The van der Waals surface area contributed by atoms with E-state index in [1.807, 2.05) is 0 Å². The van der Waals surface area contributed by atoms with Gasteiger partial charge in [0.1, 0.15) is 23.0 Å². The van der Waals surface area contributed by atoms with Crippen molar-refractivity contribution in [1.82, 2.24) is 0 Å². The van der Waals surface area contributed by atoms with Crippen molar-refractivity contribution in [3.8, 4) is 0 Å². The smallest absolute Gasteiger partial charge is 0.104 e. The van der Waals surface area contributed by atoms with Gasteiger partial charge < -0.3 is 19.0 Å². The van der Waals surface area contributed by atoms with Crippen molar-refractivity contribution >= 4 is 0 Å². The second-order valence-corrected chi connectivity index (χ2v) is 10.6. The standard InChI is InChI=1S/C27H44O4/c1-26(2,20-28)18-7-5-10-22-14-16-24(30-22)12-9-13-25-17-15-23(31-25)11-6-8-19-27(3,4)21-29/h14-17,28-29H,5-13,18-21H2,1-4H3. The molecule has 2 rings (SSSR count). The number of furan rings is 2. The molecule has 176 valence electrons. The predicted molar refractivity (Wildman–Crippen MR) is 126 cm³/mol. The lowest BCUT2D eigenvalue weighted by atomic mass is 9.88. The van der Waals surface area contributed by atoms with E-state index in [9.17, 15) is 10.2 Å². The maximum atomic E-state index is 9.33. The van der Waals surface area contributed by atoms with Crippen molar-refractivity contribution in [3.05, 3.63) is 47.3 Å². The average molecular weight is 433 g/mol. The summed E-state index contributed by atoms with van der Waals surface area (Å²) in [6.45, 7) is 8.94. The molecule has 2 N–H and O–H groups in total. The van der Waals surface area contributed by atoms with Gasteiger partial charge in [-0.25, -0.2) is 0 Å². The molecule has 2 aromatic rings. The molecule has 0 aliphatic rings. The van der Waals surface area contributed by atoms with Crippen LogP contribution < -0.4 is 0 Å². The second kappa shape index (κ2) is 12.5. The topological polar surface area (TPSA) is 66.7 Å². The van der Waals surface area contributed by atoms with E-state index in [4.69, 9.17) is 8.83 Å². The van der Waals surface area contributed by atoms with Crippen LogP contribution in [0.5, 0.6) is 0 Å². The zero-order chi connectivity index (χ0) is 22.7. The Morgan fingerprint density at radius 1 is 0.548 bits per heavy atom. The molecule has 0 bridgehead atoms. The van der Waals surface area contributed by atoms with E-state index in [1.54, 1.807) is 0 Å². The van der Waals surface area contributed by atoms with Crippen LogP contribution in [0.2, 0.25) is 0 Å². The minimum Gasteiger partial charge on any atom is -0.466 e. The third-order valence-corrected chi connectivity index (χ3v) is 6.19. The number of unbranched alkanes of at least 4 members (excludes halogenated alkanes) is 2. The lowest BCUT2D eigenvalue weighted by molar-refractivity contribution is 0.147. The first-order valence-corrected chi connectivity index (χ1v) is 12.1. The van der Waals surface area contributed by atoms with Crippen molar-refractivity contribution in [2.24, 2.45) is 10.8 Å². The first-order chi connectivity index (χ1) is 14.7. The minimum absolute atomic E-state index is 0.0247. The summed E-state index contributed by atoms with van der Waals surface area (Å²) < 4.78 is 12.0. The van der Waals surface area contributed by atoms with Crippen LogP contribution in [-0.4, -0.2) is 23.4 Å². The van der Waals surface area contributed by atoms with Crippen molar-refractivity contribution in [3.63, 3.8) is 0 Å². The highest BCUT2D eigenvalue weighted by atomic mass is 16.3. The Bertz CT molecular complexity index is 676. The van der Waals surface area contributed by atoms with Gasteiger partial charge in [-0.1, -0.05) is 40.5 Å². The van der Waals surface area contributed by atoms with Gasteiger partial charge in [-0.2, -0.15) is 0 Å². The normalized spacial score (nSPS) is 12.6. The third-order valence-electron chi connectivity index (χ3n) is 6.19. The van der Waals surface area contributed by atoms with E-state index in [0.717, 1.165) is 93.7 Å². The molecule has 31 heavy (non-hydrogen) atoms. The van der Waals surface area contributed by atoms with Crippen LogP contribution >= 0.6 is 0 Å². The Hall–Kier alpha value is -1.52. The van der Waals surface area contributed by atoms with E-state index in [2.05, 4.69) is 52.0 Å². The predicted octanol–water partition coefficient (Wildman–Crippen LogP) is 6.51. The van der Waals surface area contributed by atoms with E-state index in [0.29, 0.717) is 0 Å². The number of aryl methyl sites for hydroxylation is 4. The summed E-state index contributed by atoms with van der Waals surface area (Å²) in [6.07, 6.45) is 11.4. The van der Waals surface area contributed by atoms with Gasteiger partial charge >= 0.3 is 0 Å². The molecule has 0 radical (unpaired) electrons. The molecule has 0 fully saturated rings. The summed E-state index contributed by atoms with van der Waals surface area (Å²) >= 11 is 0. The molecule has 0 saturated carbocycles. The van der Waals surface area contributed by atoms with Crippen LogP contribution in [0.15, 0.2) is 33.1 Å². The van der Waals surface area contributed by atoms with Gasteiger partial charge in [0.25, 0.3) is 0 Å². The molecule has 2 heterocycles. The first kappa shape index (κ1) is 25.7. The van der Waals surface area contributed by atoms with Crippen molar-refractivity contribution in [2.75, 3.05) is 13.2 Å². The molecule has 0 spiro atoms. The van der Waals surface area contributed by atoms with Crippen LogP contribution in [-0.2, 0) is 25.7 Å². The summed E-state index contributed by atoms with van der Waals surface area (Å²) in [5, 5.41) is 18.7. The summed E-state index contributed by atoms with van der Waals surface area (Å²) in [5.74, 6) is 4.26. The van der Waals surface area contributed by atoms with Gasteiger partial charge in [-0.15, -0.1) is 0 Å². The van der Waals surface area contributed by atoms with Gasteiger partial charge in [0.05, 0.1) is 0 Å². The van der Waals surface area contributed by atoms with Gasteiger partial charge in [0.2, 0.25) is 0 Å². The van der Waals surface area contributed by atoms with Crippen molar-refractivity contribution in [1.29, 1.82) is 0 Å². The lowest BCUT2D eigenvalue weighted by Gasteiger charge is -2.20. The average Bonchev–Trinajstić information content (AvgIpc) is 3.38. The molecule has 0 atom stereocenters. The fraction of sp³-hybridized carbons (Fsp3) is 0.704. The summed E-state index contributed by atoms with van der Waals surface area (Å²) in [7, 11) is 0. The second-order valence-electron chi connectivity index (χ2n) is 10.6. The van der Waals surface area contributed by atoms with Gasteiger partial charge in [0.15, 0.2) is 0 Å². The minimum atomic E-state index is 0.0247. The number of aliphatic hydroxyl groups is 2. The zero-order valence-corrected chi connectivity index (χ0v) is 20.2. The Kier molecular flexibility index (Phi) is 10.4. The zero-order valence-electron chi connectivity index (χ0n) is 20.2. The molecule has 4 heteroatoms. The highest BCUT2D eigenvalue weighted by Gasteiger charge is 2.16. The fourth-order valence-electron chi connectivity index (χ4n) is 3.78. The lowest BCUT2D eigenvalue weighted by Crippen LogP contribution is -2.16. The molecular formula is C27H44O4. The monoisotopic (exact) mass is 432 g/mol. The molecule has 0 unspecified atom stereocenters. The molecular weight excluding hydrogens is 388 g/mol. The highest BCUT2D eigenvalue weighted by Crippen LogP contribution is 2.24. The maximum absolute atomic E-state index is 9.33. The molecule has 0 aliphatic heterocycles. The molecule has 4 nitrogen and oxygen atoms in total. The molecule has 2 aromatic heterocycles. The Morgan fingerprint density at radius 2 is 0.871 bits per heavy atom. The van der Waals surface area contributed by atoms with Crippen LogP contribution in [0, 0.1) is 10.8 Å². The molecule has 0 saturated heterocycles. The quantitative estimate of drug-likeness (QED) is 0.297. The van der Waals surface area contributed by atoms with Crippen LogP contribution in [0.25, 0.3) is 0 Å². The van der Waals surface area contributed by atoms with E-state index < -0.39 is 0 Å². The Labute approximate surface area is 189 Å². The van der Waals surface area contributed by atoms with Crippen LogP contribution in [0.1, 0.15) is 95.7 Å². The molecule has 0 aromatic carbocycles. The third kappa shape index (κ3) is 10.1. The Balaban J connectivity index is 1.61. The molecule has 0 amide bonds. The van der Waals surface area contributed by atoms with Crippen molar-refractivity contribution < 1.29 is 19.0 Å². The van der Waals surface area contributed by atoms with Crippen LogP contribution in [0.3, 0.4) is 0 Å². The first-order valence-electron chi connectivity index (χ1n) is 12.1. The number of rotatable bonds is 16. The summed E-state index contributed by atoms with van der Waals surface area (Å²) in [6, 6.07) is 8.42.